The van der Waals surface area contributed by atoms with E-state index in [0.717, 1.165) is 26.2 Å². The topological polar surface area (TPSA) is 24.5 Å². The molecule has 1 aromatic carbocycles. The van der Waals surface area contributed by atoms with Crippen LogP contribution in [0.5, 0.6) is 0 Å². The maximum atomic E-state index is 5.81. The van der Waals surface area contributed by atoms with E-state index in [1.54, 1.807) is 0 Å². The van der Waals surface area contributed by atoms with Crippen molar-refractivity contribution in [3.8, 4) is 0 Å². The Hall–Kier alpha value is -0.900. The third kappa shape index (κ3) is 4.60. The molecule has 2 rings (SSSR count). The Bertz CT molecular complexity index is 355. The zero-order chi connectivity index (χ0) is 13.5. The van der Waals surface area contributed by atoms with Crippen LogP contribution >= 0.6 is 0 Å². The first-order valence-electron chi connectivity index (χ1n) is 7.38. The van der Waals surface area contributed by atoms with Crippen LogP contribution in [0, 0.1) is 0 Å². The monoisotopic (exact) mass is 262 g/mol. The summed E-state index contributed by atoms with van der Waals surface area (Å²) < 4.78 is 5.81. The van der Waals surface area contributed by atoms with Crippen LogP contribution in [0.15, 0.2) is 30.3 Å². The van der Waals surface area contributed by atoms with Crippen molar-refractivity contribution in [1.82, 2.24) is 10.2 Å². The molecule has 0 bridgehead atoms. The molecule has 106 valence electrons. The molecule has 1 aromatic rings. The molecule has 0 amide bonds. The average Bonchev–Trinajstić information content (AvgIpc) is 2.44. The van der Waals surface area contributed by atoms with E-state index in [1.807, 2.05) is 0 Å². The molecule has 1 saturated heterocycles. The van der Waals surface area contributed by atoms with Gasteiger partial charge in [-0.2, -0.15) is 0 Å². The molecule has 2 atom stereocenters. The average molecular weight is 262 g/mol. The molecule has 1 heterocycles. The summed E-state index contributed by atoms with van der Waals surface area (Å²) in [6, 6.07) is 11.2. The molecule has 19 heavy (non-hydrogen) atoms. The molecule has 0 aliphatic carbocycles. The van der Waals surface area contributed by atoms with Gasteiger partial charge in [-0.15, -0.1) is 0 Å². The molecule has 1 N–H and O–H groups in total. The van der Waals surface area contributed by atoms with Crippen molar-refractivity contribution in [2.24, 2.45) is 0 Å². The SMILES string of the molecule is CCCC(NCC1CN(C)CCO1)c1ccccc1. The second-order valence-corrected chi connectivity index (χ2v) is 5.42. The van der Waals surface area contributed by atoms with Crippen molar-refractivity contribution < 1.29 is 4.74 Å². The Labute approximate surface area is 116 Å². The summed E-state index contributed by atoms with van der Waals surface area (Å²) >= 11 is 0. The maximum Gasteiger partial charge on any atom is 0.0826 e. The summed E-state index contributed by atoms with van der Waals surface area (Å²) in [5, 5.41) is 3.68. The summed E-state index contributed by atoms with van der Waals surface area (Å²) in [4.78, 5) is 2.34. The second kappa shape index (κ2) is 7.63. The molecule has 2 unspecified atom stereocenters. The number of morpholine rings is 1. The summed E-state index contributed by atoms with van der Waals surface area (Å²) in [6.07, 6.45) is 2.69. The van der Waals surface area contributed by atoms with Gasteiger partial charge in [0, 0.05) is 25.7 Å². The lowest BCUT2D eigenvalue weighted by atomic mass is 10.0. The maximum absolute atomic E-state index is 5.81. The van der Waals surface area contributed by atoms with Crippen LogP contribution in [-0.4, -0.2) is 44.3 Å². The van der Waals surface area contributed by atoms with Gasteiger partial charge in [0.05, 0.1) is 12.7 Å². The Morgan fingerprint density at radius 2 is 2.16 bits per heavy atom. The van der Waals surface area contributed by atoms with Crippen molar-refractivity contribution in [2.45, 2.75) is 31.9 Å². The van der Waals surface area contributed by atoms with Crippen molar-refractivity contribution in [3.63, 3.8) is 0 Å². The Morgan fingerprint density at radius 1 is 1.37 bits per heavy atom. The highest BCUT2D eigenvalue weighted by molar-refractivity contribution is 5.18. The Morgan fingerprint density at radius 3 is 2.84 bits per heavy atom. The van der Waals surface area contributed by atoms with Crippen LogP contribution in [0.4, 0.5) is 0 Å². The second-order valence-electron chi connectivity index (χ2n) is 5.42. The fraction of sp³-hybridized carbons (Fsp3) is 0.625. The lowest BCUT2D eigenvalue weighted by Crippen LogP contribution is -2.45. The highest BCUT2D eigenvalue weighted by atomic mass is 16.5. The smallest absolute Gasteiger partial charge is 0.0826 e. The summed E-state index contributed by atoms with van der Waals surface area (Å²) in [7, 11) is 2.16. The molecular weight excluding hydrogens is 236 g/mol. The molecule has 0 spiro atoms. The molecule has 1 aliphatic heterocycles. The highest BCUT2D eigenvalue weighted by Gasteiger charge is 2.19. The third-order valence-electron chi connectivity index (χ3n) is 3.71. The first-order valence-corrected chi connectivity index (χ1v) is 7.38. The van der Waals surface area contributed by atoms with Crippen LogP contribution < -0.4 is 5.32 Å². The Balaban J connectivity index is 1.86. The molecule has 3 heteroatoms. The Kier molecular flexibility index (Phi) is 5.83. The van der Waals surface area contributed by atoms with Gasteiger partial charge in [-0.1, -0.05) is 43.7 Å². The van der Waals surface area contributed by atoms with Gasteiger partial charge >= 0.3 is 0 Å². The number of ether oxygens (including phenoxy) is 1. The van der Waals surface area contributed by atoms with E-state index < -0.39 is 0 Å². The normalized spacial score (nSPS) is 22.3. The fourth-order valence-corrected chi connectivity index (χ4v) is 2.62. The van der Waals surface area contributed by atoms with Gasteiger partial charge in [0.25, 0.3) is 0 Å². The predicted octanol–water partition coefficient (Wildman–Crippen LogP) is 2.45. The molecule has 0 saturated carbocycles. The molecule has 3 nitrogen and oxygen atoms in total. The number of nitrogens with zero attached hydrogens (tertiary/aromatic N) is 1. The van der Waals surface area contributed by atoms with Crippen LogP contribution in [0.3, 0.4) is 0 Å². The van der Waals surface area contributed by atoms with E-state index in [9.17, 15) is 0 Å². The van der Waals surface area contributed by atoms with E-state index in [0.29, 0.717) is 12.1 Å². The minimum atomic E-state index is 0.321. The third-order valence-corrected chi connectivity index (χ3v) is 3.71. The van der Waals surface area contributed by atoms with Gasteiger partial charge in [0.1, 0.15) is 0 Å². The minimum Gasteiger partial charge on any atom is -0.374 e. The molecule has 0 aromatic heterocycles. The zero-order valence-electron chi connectivity index (χ0n) is 12.1. The minimum absolute atomic E-state index is 0.321. The van der Waals surface area contributed by atoms with E-state index in [-0.39, 0.29) is 0 Å². The number of likely N-dealkylation sites (N-methyl/N-ethyl adjacent to an activating group) is 1. The summed E-state index contributed by atoms with van der Waals surface area (Å²) in [6.45, 7) is 6.10. The van der Waals surface area contributed by atoms with Gasteiger partial charge in [-0.25, -0.2) is 0 Å². The number of hydrogen-bond donors (Lipinski definition) is 1. The number of benzene rings is 1. The van der Waals surface area contributed by atoms with Gasteiger partial charge in [-0.3, -0.25) is 0 Å². The number of hydrogen-bond acceptors (Lipinski definition) is 3. The van der Waals surface area contributed by atoms with Crippen LogP contribution in [-0.2, 0) is 4.74 Å². The first kappa shape index (κ1) is 14.5. The van der Waals surface area contributed by atoms with Gasteiger partial charge in [0.15, 0.2) is 0 Å². The largest absolute Gasteiger partial charge is 0.374 e. The molecule has 1 fully saturated rings. The lowest BCUT2D eigenvalue weighted by molar-refractivity contribution is -0.0194. The van der Waals surface area contributed by atoms with Gasteiger partial charge in [-0.05, 0) is 19.0 Å². The first-order chi connectivity index (χ1) is 9.29. The fourth-order valence-electron chi connectivity index (χ4n) is 2.62. The number of nitrogens with one attached hydrogen (secondary N) is 1. The number of rotatable bonds is 6. The predicted molar refractivity (Wildman–Crippen MR) is 79.3 cm³/mol. The van der Waals surface area contributed by atoms with Crippen molar-refractivity contribution >= 4 is 0 Å². The van der Waals surface area contributed by atoms with Crippen LogP contribution in [0.1, 0.15) is 31.4 Å². The van der Waals surface area contributed by atoms with Gasteiger partial charge < -0.3 is 15.0 Å². The van der Waals surface area contributed by atoms with E-state index in [2.05, 4.69) is 54.5 Å². The molecule has 0 radical (unpaired) electrons. The lowest BCUT2D eigenvalue weighted by Gasteiger charge is -2.31. The van der Waals surface area contributed by atoms with Crippen molar-refractivity contribution in [2.75, 3.05) is 33.3 Å². The van der Waals surface area contributed by atoms with Crippen LogP contribution in [0.2, 0.25) is 0 Å². The van der Waals surface area contributed by atoms with E-state index in [1.165, 1.54) is 18.4 Å². The zero-order valence-corrected chi connectivity index (χ0v) is 12.1. The van der Waals surface area contributed by atoms with Gasteiger partial charge in [0.2, 0.25) is 0 Å². The highest BCUT2D eigenvalue weighted by Crippen LogP contribution is 2.18. The van der Waals surface area contributed by atoms with Crippen molar-refractivity contribution in [3.05, 3.63) is 35.9 Å². The van der Waals surface area contributed by atoms with Crippen molar-refractivity contribution in [1.29, 1.82) is 0 Å². The van der Waals surface area contributed by atoms with E-state index >= 15 is 0 Å². The molecule has 1 aliphatic rings. The van der Waals surface area contributed by atoms with Crippen LogP contribution in [0.25, 0.3) is 0 Å². The molecular formula is C16H26N2O. The standard InChI is InChI=1S/C16H26N2O/c1-3-7-16(14-8-5-4-6-9-14)17-12-15-13-18(2)10-11-19-15/h4-6,8-9,15-17H,3,7,10-13H2,1-2H3. The quantitative estimate of drug-likeness (QED) is 0.852. The van der Waals surface area contributed by atoms with E-state index in [4.69, 9.17) is 4.74 Å². The summed E-state index contributed by atoms with van der Waals surface area (Å²) in [5.74, 6) is 0. The summed E-state index contributed by atoms with van der Waals surface area (Å²) in [5.41, 5.74) is 1.38.